The summed E-state index contributed by atoms with van der Waals surface area (Å²) >= 11 is 0. The van der Waals surface area contributed by atoms with E-state index >= 15 is 0 Å². The highest BCUT2D eigenvalue weighted by Crippen LogP contribution is 1.94. The third kappa shape index (κ3) is 3.12. The minimum Gasteiger partial charge on any atom is -0.469 e. The highest BCUT2D eigenvalue weighted by molar-refractivity contribution is 5.71. The molecule has 0 saturated carbocycles. The molecule has 0 radical (unpaired) electrons. The van der Waals surface area contributed by atoms with Gasteiger partial charge in [-0.1, -0.05) is 6.07 Å². The first kappa shape index (κ1) is 10.6. The predicted molar refractivity (Wildman–Crippen MR) is 43.6 cm³/mol. The molecule has 66 valence electrons. The first-order valence-corrected chi connectivity index (χ1v) is 3.29. The Balaban J connectivity index is 0.00000121. The molecule has 0 fully saturated rings. The third-order valence-electron chi connectivity index (χ3n) is 1.28. The summed E-state index contributed by atoms with van der Waals surface area (Å²) in [5.41, 5.74) is 0.736. The highest BCUT2D eigenvalue weighted by Gasteiger charge is 2.01. The van der Waals surface area contributed by atoms with E-state index in [1.54, 1.807) is 18.3 Å². The van der Waals surface area contributed by atoms with Gasteiger partial charge in [0.2, 0.25) is 0 Å². The maximum absolute atomic E-state index is 10.7. The topological polar surface area (TPSA) is 70.7 Å². The Morgan fingerprint density at radius 3 is 2.83 bits per heavy atom. The third-order valence-corrected chi connectivity index (χ3v) is 1.28. The minimum atomic E-state index is -0.260. The summed E-state index contributed by atoms with van der Waals surface area (Å²) in [6.45, 7) is 0. The fourth-order valence-electron chi connectivity index (χ4n) is 0.723. The molecule has 0 bridgehead atoms. The van der Waals surface area contributed by atoms with Crippen molar-refractivity contribution in [1.82, 2.24) is 4.98 Å². The van der Waals surface area contributed by atoms with Crippen LogP contribution in [0.15, 0.2) is 24.4 Å². The Bertz CT molecular complexity index is 235. The molecule has 0 aliphatic carbocycles. The highest BCUT2D eigenvalue weighted by atomic mass is 16.5. The lowest BCUT2D eigenvalue weighted by atomic mass is 10.3. The number of carbonyl (C=O) groups is 1. The van der Waals surface area contributed by atoms with Crippen molar-refractivity contribution >= 4 is 5.97 Å². The van der Waals surface area contributed by atoms with E-state index in [0.29, 0.717) is 0 Å². The van der Waals surface area contributed by atoms with E-state index in [-0.39, 0.29) is 17.9 Å². The summed E-state index contributed by atoms with van der Waals surface area (Å²) in [6.07, 6.45) is 1.90. The molecule has 12 heavy (non-hydrogen) atoms. The molecular weight excluding hydrogens is 158 g/mol. The summed E-state index contributed by atoms with van der Waals surface area (Å²) in [7, 11) is 1.37. The zero-order valence-corrected chi connectivity index (χ0v) is 6.78. The van der Waals surface area contributed by atoms with Crippen LogP contribution in [0.5, 0.6) is 0 Å². The Labute approximate surface area is 70.5 Å². The quantitative estimate of drug-likeness (QED) is 0.584. The number of hydrogen-bond donors (Lipinski definition) is 0. The van der Waals surface area contributed by atoms with Gasteiger partial charge >= 0.3 is 5.97 Å². The number of hydrogen-bond acceptors (Lipinski definition) is 3. The van der Waals surface area contributed by atoms with Crippen LogP contribution < -0.4 is 0 Å². The SMILES string of the molecule is COC(=O)Cc1ccccn1.O. The Kier molecular flexibility index (Phi) is 4.64. The van der Waals surface area contributed by atoms with Crippen LogP contribution in [0.2, 0.25) is 0 Å². The molecule has 1 rings (SSSR count). The van der Waals surface area contributed by atoms with Crippen LogP contribution in [0.4, 0.5) is 0 Å². The fourth-order valence-corrected chi connectivity index (χ4v) is 0.723. The number of esters is 1. The molecule has 1 aromatic heterocycles. The largest absolute Gasteiger partial charge is 0.469 e. The van der Waals surface area contributed by atoms with E-state index in [0.717, 1.165) is 5.69 Å². The number of pyridine rings is 1. The van der Waals surface area contributed by atoms with Gasteiger partial charge in [0.05, 0.1) is 19.2 Å². The second-order valence-corrected chi connectivity index (χ2v) is 2.07. The van der Waals surface area contributed by atoms with Crippen molar-refractivity contribution < 1.29 is 15.0 Å². The van der Waals surface area contributed by atoms with Crippen LogP contribution >= 0.6 is 0 Å². The molecule has 0 aliphatic heterocycles. The van der Waals surface area contributed by atoms with E-state index in [2.05, 4.69) is 9.72 Å². The molecular formula is C8H11NO3. The lowest BCUT2D eigenvalue weighted by molar-refractivity contribution is -0.139. The molecule has 2 N–H and O–H groups in total. The van der Waals surface area contributed by atoms with Crippen molar-refractivity contribution in [1.29, 1.82) is 0 Å². The van der Waals surface area contributed by atoms with Crippen LogP contribution in [-0.2, 0) is 16.0 Å². The smallest absolute Gasteiger partial charge is 0.311 e. The van der Waals surface area contributed by atoms with E-state index in [1.165, 1.54) is 7.11 Å². The van der Waals surface area contributed by atoms with Crippen molar-refractivity contribution in [3.63, 3.8) is 0 Å². The lowest BCUT2D eigenvalue weighted by Gasteiger charge is -1.96. The molecule has 0 atom stereocenters. The molecule has 4 nitrogen and oxygen atoms in total. The first-order chi connectivity index (χ1) is 5.33. The van der Waals surface area contributed by atoms with Crippen LogP contribution in [0.25, 0.3) is 0 Å². The number of nitrogens with zero attached hydrogens (tertiary/aromatic N) is 1. The average Bonchev–Trinajstić information content (AvgIpc) is 2.06. The summed E-state index contributed by atoms with van der Waals surface area (Å²) in [5, 5.41) is 0. The molecule has 1 aromatic rings. The standard InChI is InChI=1S/C8H9NO2.H2O/c1-11-8(10)6-7-4-2-3-5-9-7;/h2-5H,6H2,1H3;1H2. The zero-order chi connectivity index (χ0) is 8.10. The van der Waals surface area contributed by atoms with E-state index in [4.69, 9.17) is 0 Å². The number of ether oxygens (including phenoxy) is 1. The van der Waals surface area contributed by atoms with Crippen molar-refractivity contribution in [2.45, 2.75) is 6.42 Å². The summed E-state index contributed by atoms with van der Waals surface area (Å²) < 4.78 is 4.48. The van der Waals surface area contributed by atoms with Crippen LogP contribution in [0, 0.1) is 0 Å². The van der Waals surface area contributed by atoms with E-state index in [1.807, 2.05) is 6.07 Å². The Morgan fingerprint density at radius 2 is 2.33 bits per heavy atom. The maximum atomic E-state index is 10.7. The molecule has 1 heterocycles. The molecule has 0 saturated heterocycles. The van der Waals surface area contributed by atoms with Crippen molar-refractivity contribution in [2.24, 2.45) is 0 Å². The summed E-state index contributed by atoms with van der Waals surface area (Å²) in [4.78, 5) is 14.7. The first-order valence-electron chi connectivity index (χ1n) is 3.29. The fraction of sp³-hybridized carbons (Fsp3) is 0.250. The minimum absolute atomic E-state index is 0. The number of carbonyl (C=O) groups excluding carboxylic acids is 1. The summed E-state index contributed by atoms with van der Waals surface area (Å²) in [6, 6.07) is 5.43. The molecule has 0 unspecified atom stereocenters. The Hall–Kier alpha value is -1.42. The van der Waals surface area contributed by atoms with E-state index in [9.17, 15) is 4.79 Å². The van der Waals surface area contributed by atoms with Crippen molar-refractivity contribution in [2.75, 3.05) is 7.11 Å². The van der Waals surface area contributed by atoms with Gasteiger partial charge in [-0.25, -0.2) is 0 Å². The number of methoxy groups -OCH3 is 1. The number of aromatic nitrogens is 1. The van der Waals surface area contributed by atoms with Crippen LogP contribution in [0.1, 0.15) is 5.69 Å². The normalized spacial score (nSPS) is 8.42. The van der Waals surface area contributed by atoms with Gasteiger partial charge in [-0.3, -0.25) is 9.78 Å². The van der Waals surface area contributed by atoms with Crippen LogP contribution in [0.3, 0.4) is 0 Å². The Morgan fingerprint density at radius 1 is 1.58 bits per heavy atom. The molecule has 0 spiro atoms. The molecule has 0 aromatic carbocycles. The molecule has 0 aliphatic rings. The van der Waals surface area contributed by atoms with Gasteiger partial charge in [-0.05, 0) is 12.1 Å². The average molecular weight is 169 g/mol. The monoisotopic (exact) mass is 169 g/mol. The maximum Gasteiger partial charge on any atom is 0.311 e. The van der Waals surface area contributed by atoms with Gasteiger partial charge in [0.25, 0.3) is 0 Å². The van der Waals surface area contributed by atoms with Gasteiger partial charge in [0, 0.05) is 6.20 Å². The van der Waals surface area contributed by atoms with Crippen molar-refractivity contribution in [3.05, 3.63) is 30.1 Å². The molecule has 0 amide bonds. The second-order valence-electron chi connectivity index (χ2n) is 2.07. The van der Waals surface area contributed by atoms with Gasteiger partial charge in [0.1, 0.15) is 0 Å². The predicted octanol–water partition coefficient (Wildman–Crippen LogP) is -0.0276. The number of rotatable bonds is 2. The van der Waals surface area contributed by atoms with Crippen molar-refractivity contribution in [3.8, 4) is 0 Å². The van der Waals surface area contributed by atoms with Gasteiger partial charge in [-0.2, -0.15) is 0 Å². The van der Waals surface area contributed by atoms with Gasteiger partial charge in [-0.15, -0.1) is 0 Å². The lowest BCUT2D eigenvalue weighted by Crippen LogP contribution is -2.05. The van der Waals surface area contributed by atoms with E-state index < -0.39 is 0 Å². The van der Waals surface area contributed by atoms with Gasteiger partial charge < -0.3 is 10.2 Å². The second kappa shape index (κ2) is 5.26. The molecule has 4 heteroatoms. The zero-order valence-electron chi connectivity index (χ0n) is 6.78. The van der Waals surface area contributed by atoms with Gasteiger partial charge in [0.15, 0.2) is 0 Å². The van der Waals surface area contributed by atoms with Crippen LogP contribution in [-0.4, -0.2) is 23.5 Å². The summed E-state index contributed by atoms with van der Waals surface area (Å²) in [5.74, 6) is -0.260.